The molecule has 2 heterocycles. The smallest absolute Gasteiger partial charge is 0.255 e. The predicted molar refractivity (Wildman–Crippen MR) is 132 cm³/mol. The first-order chi connectivity index (χ1) is 16.2. The molecule has 0 radical (unpaired) electrons. The van der Waals surface area contributed by atoms with Crippen LogP contribution in [0.5, 0.6) is 5.75 Å². The van der Waals surface area contributed by atoms with Crippen molar-refractivity contribution in [1.29, 1.82) is 0 Å². The first-order valence-corrected chi connectivity index (χ1v) is 11.4. The first kappa shape index (κ1) is 21.4. The van der Waals surface area contributed by atoms with Gasteiger partial charge in [0.25, 0.3) is 5.91 Å². The molecule has 5 rings (SSSR count). The minimum atomic E-state index is -0.134. The number of carbonyl (C=O) groups excluding carboxylic acids is 1. The Bertz CT molecular complexity index is 1160. The second-order valence-electron chi connectivity index (χ2n) is 8.51. The Labute approximate surface area is 194 Å². The van der Waals surface area contributed by atoms with Gasteiger partial charge in [-0.3, -0.25) is 9.69 Å². The van der Waals surface area contributed by atoms with Crippen LogP contribution in [0.4, 0.5) is 5.69 Å². The van der Waals surface area contributed by atoms with Gasteiger partial charge in [0.2, 0.25) is 0 Å². The van der Waals surface area contributed by atoms with E-state index >= 15 is 0 Å². The van der Waals surface area contributed by atoms with E-state index in [2.05, 4.69) is 29.3 Å². The molecule has 0 atom stereocenters. The minimum absolute atomic E-state index is 0.134. The monoisotopic (exact) mass is 440 g/mol. The van der Waals surface area contributed by atoms with E-state index in [1.807, 2.05) is 60.7 Å². The van der Waals surface area contributed by atoms with Gasteiger partial charge >= 0.3 is 0 Å². The van der Waals surface area contributed by atoms with Crippen molar-refractivity contribution in [3.05, 3.63) is 89.5 Å². The molecule has 1 saturated heterocycles. The van der Waals surface area contributed by atoms with E-state index < -0.39 is 0 Å². The van der Waals surface area contributed by atoms with E-state index in [4.69, 9.17) is 9.47 Å². The number of rotatable bonds is 5. The van der Waals surface area contributed by atoms with E-state index in [0.29, 0.717) is 12.2 Å². The summed E-state index contributed by atoms with van der Waals surface area (Å²) in [6, 6.07) is 23.7. The molecule has 0 bridgehead atoms. The van der Waals surface area contributed by atoms with E-state index in [0.717, 1.165) is 61.0 Å². The zero-order valence-corrected chi connectivity index (χ0v) is 18.8. The lowest BCUT2D eigenvalue weighted by Gasteiger charge is -2.30. The molecule has 33 heavy (non-hydrogen) atoms. The molecule has 2 aliphatic rings. The molecule has 1 fully saturated rings. The molecular weight excluding hydrogens is 412 g/mol. The third-order valence-corrected chi connectivity index (χ3v) is 6.35. The van der Waals surface area contributed by atoms with Crippen LogP contribution in [-0.4, -0.2) is 50.3 Å². The molecule has 2 aliphatic heterocycles. The highest BCUT2D eigenvalue weighted by atomic mass is 16.5. The lowest BCUT2D eigenvalue weighted by atomic mass is 9.97. The van der Waals surface area contributed by atoms with Crippen molar-refractivity contribution in [2.75, 3.05) is 44.8 Å². The summed E-state index contributed by atoms with van der Waals surface area (Å²) in [5.74, 6) is 0.682. The number of ether oxygens (including phenoxy) is 2. The summed E-state index contributed by atoms with van der Waals surface area (Å²) < 4.78 is 11.5. The summed E-state index contributed by atoms with van der Waals surface area (Å²) >= 11 is 0. The Morgan fingerprint density at radius 1 is 0.939 bits per heavy atom. The molecule has 1 N–H and O–H groups in total. The summed E-state index contributed by atoms with van der Waals surface area (Å²) in [6.45, 7) is 7.15. The van der Waals surface area contributed by atoms with Crippen LogP contribution in [0.15, 0.2) is 78.4 Å². The highest BCUT2D eigenvalue weighted by Gasteiger charge is 2.21. The first-order valence-electron chi connectivity index (χ1n) is 11.4. The van der Waals surface area contributed by atoms with Crippen LogP contribution >= 0.6 is 0 Å². The zero-order valence-electron chi connectivity index (χ0n) is 18.8. The average Bonchev–Trinajstić information content (AvgIpc) is 2.87. The maximum absolute atomic E-state index is 12.8. The van der Waals surface area contributed by atoms with Crippen LogP contribution in [0.25, 0.3) is 16.7 Å². The van der Waals surface area contributed by atoms with E-state index in [1.54, 1.807) is 0 Å². The lowest BCUT2D eigenvalue weighted by molar-refractivity contribution is 0.0413. The van der Waals surface area contributed by atoms with E-state index in [9.17, 15) is 4.79 Å². The normalized spacial score (nSPS) is 16.2. The number of fused-ring (bicyclic) bond motifs is 1. The van der Waals surface area contributed by atoms with Crippen LogP contribution < -0.4 is 10.1 Å². The highest BCUT2D eigenvalue weighted by Crippen LogP contribution is 2.35. The molecular formula is C28H28N2O3. The Kier molecular flexibility index (Phi) is 6.24. The number of amides is 1. The van der Waals surface area contributed by atoms with Gasteiger partial charge in [-0.15, -0.1) is 0 Å². The van der Waals surface area contributed by atoms with Crippen LogP contribution in [0.3, 0.4) is 0 Å². The van der Waals surface area contributed by atoms with Gasteiger partial charge in [-0.2, -0.15) is 0 Å². The maximum atomic E-state index is 12.8. The predicted octanol–water partition coefficient (Wildman–Crippen LogP) is 5.10. The minimum Gasteiger partial charge on any atom is -0.488 e. The zero-order chi connectivity index (χ0) is 22.6. The number of hydrogen-bond acceptors (Lipinski definition) is 4. The number of anilines is 1. The molecule has 3 aromatic rings. The fourth-order valence-electron chi connectivity index (χ4n) is 4.33. The summed E-state index contributed by atoms with van der Waals surface area (Å²) in [4.78, 5) is 15.2. The summed E-state index contributed by atoms with van der Waals surface area (Å²) in [7, 11) is 0. The Morgan fingerprint density at radius 3 is 2.42 bits per heavy atom. The number of allylic oxidation sites excluding steroid dienone is 1. The number of morpholine rings is 1. The molecule has 168 valence electrons. The molecule has 0 spiro atoms. The Balaban J connectivity index is 1.27. The van der Waals surface area contributed by atoms with E-state index in [1.165, 1.54) is 11.1 Å². The quantitative estimate of drug-likeness (QED) is 0.599. The number of nitrogens with zero attached hydrogens (tertiary/aromatic N) is 1. The lowest BCUT2D eigenvalue weighted by Crippen LogP contribution is -2.38. The Hall–Kier alpha value is -3.41. The maximum Gasteiger partial charge on any atom is 0.255 e. The molecule has 1 amide bonds. The number of nitrogens with one attached hydrogen (secondary N) is 1. The van der Waals surface area contributed by atoms with Gasteiger partial charge in [-0.05, 0) is 53.5 Å². The average molecular weight is 441 g/mol. The van der Waals surface area contributed by atoms with Crippen molar-refractivity contribution in [3.8, 4) is 16.9 Å². The van der Waals surface area contributed by atoms with Crippen molar-refractivity contribution >= 4 is 17.2 Å². The van der Waals surface area contributed by atoms with Crippen LogP contribution in [-0.2, 0) is 4.74 Å². The molecule has 0 aromatic heterocycles. The van der Waals surface area contributed by atoms with Gasteiger partial charge in [-0.1, -0.05) is 42.5 Å². The number of hydrogen-bond donors (Lipinski definition) is 1. The Morgan fingerprint density at radius 2 is 1.67 bits per heavy atom. The van der Waals surface area contributed by atoms with E-state index in [-0.39, 0.29) is 5.91 Å². The summed E-state index contributed by atoms with van der Waals surface area (Å²) in [6.07, 6.45) is 0. The standard InChI is InChI=1S/C28H28N2O3/c1-20-24(18-30-13-15-32-16-14-30)19-33-27-17-25(11-12-26(20)27)29-28(31)23-9-7-22(8-10-23)21-5-3-2-4-6-21/h2-12,17H,13-16,18-19H2,1H3,(H,29,31). The summed E-state index contributed by atoms with van der Waals surface area (Å²) in [5.41, 5.74) is 7.23. The van der Waals surface area contributed by atoms with Crippen molar-refractivity contribution in [1.82, 2.24) is 4.90 Å². The van der Waals surface area contributed by atoms with Crippen LogP contribution in [0.1, 0.15) is 22.8 Å². The topological polar surface area (TPSA) is 50.8 Å². The molecule has 0 saturated carbocycles. The van der Waals surface area contributed by atoms with Crippen molar-refractivity contribution in [2.24, 2.45) is 0 Å². The highest BCUT2D eigenvalue weighted by molar-refractivity contribution is 6.04. The second-order valence-corrected chi connectivity index (χ2v) is 8.51. The SMILES string of the molecule is CC1=C(CN2CCOCC2)COc2cc(NC(=O)c3ccc(-c4ccccc4)cc3)ccc21. The molecule has 5 heteroatoms. The van der Waals surface area contributed by atoms with Crippen molar-refractivity contribution in [2.45, 2.75) is 6.92 Å². The van der Waals surface area contributed by atoms with Gasteiger partial charge in [-0.25, -0.2) is 0 Å². The number of carbonyl (C=O) groups is 1. The van der Waals surface area contributed by atoms with Gasteiger partial charge in [0.15, 0.2) is 0 Å². The molecule has 3 aromatic carbocycles. The van der Waals surface area contributed by atoms with Crippen molar-refractivity contribution < 1.29 is 14.3 Å². The number of benzene rings is 3. The fourth-order valence-corrected chi connectivity index (χ4v) is 4.33. The van der Waals surface area contributed by atoms with Gasteiger partial charge < -0.3 is 14.8 Å². The largest absolute Gasteiger partial charge is 0.488 e. The van der Waals surface area contributed by atoms with Gasteiger partial charge in [0, 0.05) is 42.5 Å². The molecule has 0 aliphatic carbocycles. The van der Waals surface area contributed by atoms with Crippen molar-refractivity contribution in [3.63, 3.8) is 0 Å². The van der Waals surface area contributed by atoms with Crippen LogP contribution in [0.2, 0.25) is 0 Å². The summed E-state index contributed by atoms with van der Waals surface area (Å²) in [5, 5.41) is 3.00. The third kappa shape index (κ3) is 4.85. The van der Waals surface area contributed by atoms with Crippen LogP contribution in [0, 0.1) is 0 Å². The molecule has 5 nitrogen and oxygen atoms in total. The molecule has 0 unspecified atom stereocenters. The fraction of sp³-hybridized carbons (Fsp3) is 0.250. The van der Waals surface area contributed by atoms with Gasteiger partial charge in [0.05, 0.1) is 13.2 Å². The second kappa shape index (κ2) is 9.61. The van der Waals surface area contributed by atoms with Gasteiger partial charge in [0.1, 0.15) is 12.4 Å². The third-order valence-electron chi connectivity index (χ3n) is 6.35.